The highest BCUT2D eigenvalue weighted by molar-refractivity contribution is 6.02. The summed E-state index contributed by atoms with van der Waals surface area (Å²) in [6.45, 7) is 2.06. The van der Waals surface area contributed by atoms with Crippen LogP contribution in [0.15, 0.2) is 77.2 Å². The molecule has 0 saturated heterocycles. The molecule has 6 nitrogen and oxygen atoms in total. The molecule has 3 aromatic rings. The summed E-state index contributed by atoms with van der Waals surface area (Å²) >= 11 is 0. The Bertz CT molecular complexity index is 975. The summed E-state index contributed by atoms with van der Waals surface area (Å²) in [6.07, 6.45) is 2.95. The van der Waals surface area contributed by atoms with Crippen molar-refractivity contribution in [2.75, 3.05) is 11.9 Å². The predicted molar refractivity (Wildman–Crippen MR) is 105 cm³/mol. The normalized spacial score (nSPS) is 10.6. The number of benzene rings is 2. The maximum atomic E-state index is 12.4. The van der Waals surface area contributed by atoms with Gasteiger partial charge in [0, 0.05) is 17.8 Å². The van der Waals surface area contributed by atoms with E-state index in [1.165, 1.54) is 12.1 Å². The van der Waals surface area contributed by atoms with Crippen LogP contribution >= 0.6 is 0 Å². The monoisotopic (exact) mass is 377 g/mol. The molecular formula is C22H19NO5. The van der Waals surface area contributed by atoms with E-state index in [-0.39, 0.29) is 11.7 Å². The number of anilines is 1. The van der Waals surface area contributed by atoms with Crippen LogP contribution in [0, 0.1) is 0 Å². The Morgan fingerprint density at radius 2 is 1.86 bits per heavy atom. The fourth-order valence-corrected chi connectivity index (χ4v) is 2.37. The second-order valence-electron chi connectivity index (χ2n) is 5.70. The summed E-state index contributed by atoms with van der Waals surface area (Å²) in [5.74, 6) is 0.138. The molecule has 0 aliphatic heterocycles. The van der Waals surface area contributed by atoms with Crippen LogP contribution in [-0.4, -0.2) is 18.5 Å². The van der Waals surface area contributed by atoms with Crippen LogP contribution in [0.3, 0.4) is 0 Å². The predicted octanol–water partition coefficient (Wildman–Crippen LogP) is 4.90. The largest absolute Gasteiger partial charge is 0.463 e. The first-order chi connectivity index (χ1) is 13.6. The van der Waals surface area contributed by atoms with Crippen LogP contribution in [0.1, 0.15) is 23.0 Å². The van der Waals surface area contributed by atoms with Crippen molar-refractivity contribution >= 4 is 23.6 Å². The van der Waals surface area contributed by atoms with E-state index in [1.807, 2.05) is 24.3 Å². The van der Waals surface area contributed by atoms with Gasteiger partial charge in [0.15, 0.2) is 5.76 Å². The minimum Gasteiger partial charge on any atom is -0.463 e. The average Bonchev–Trinajstić information content (AvgIpc) is 3.16. The highest BCUT2D eigenvalue weighted by atomic mass is 16.6. The van der Waals surface area contributed by atoms with Crippen LogP contribution in [0.5, 0.6) is 11.7 Å². The fourth-order valence-electron chi connectivity index (χ4n) is 2.37. The van der Waals surface area contributed by atoms with Gasteiger partial charge in [0.1, 0.15) is 5.75 Å². The van der Waals surface area contributed by atoms with Gasteiger partial charge in [0.25, 0.3) is 11.9 Å². The molecule has 0 bridgehead atoms. The molecule has 2 aromatic carbocycles. The number of carbonyl (C=O) groups is 2. The first-order valence-corrected chi connectivity index (χ1v) is 8.73. The smallest absolute Gasteiger partial charge is 0.330 e. The summed E-state index contributed by atoms with van der Waals surface area (Å²) in [4.78, 5) is 23.8. The van der Waals surface area contributed by atoms with Crippen LogP contribution in [-0.2, 0) is 9.53 Å². The minimum atomic E-state index is -0.418. The highest BCUT2D eigenvalue weighted by Gasteiger charge is 2.13. The molecule has 0 saturated carbocycles. The zero-order chi connectivity index (χ0) is 19.8. The molecule has 28 heavy (non-hydrogen) atoms. The second-order valence-corrected chi connectivity index (χ2v) is 5.70. The van der Waals surface area contributed by atoms with Gasteiger partial charge >= 0.3 is 5.97 Å². The summed E-state index contributed by atoms with van der Waals surface area (Å²) in [5, 5.41) is 2.75. The zero-order valence-corrected chi connectivity index (χ0v) is 15.3. The number of hydrogen-bond donors (Lipinski definition) is 1. The summed E-state index contributed by atoms with van der Waals surface area (Å²) in [7, 11) is 0. The first kappa shape index (κ1) is 19.0. The molecule has 0 aliphatic carbocycles. The van der Waals surface area contributed by atoms with E-state index >= 15 is 0 Å². The number of para-hydroxylation sites is 1. The summed E-state index contributed by atoms with van der Waals surface area (Å²) in [6, 6.07) is 19.3. The molecule has 0 aliphatic rings. The lowest BCUT2D eigenvalue weighted by Gasteiger charge is -2.04. The Hall–Kier alpha value is -3.80. The highest BCUT2D eigenvalue weighted by Crippen LogP contribution is 2.24. The number of esters is 1. The zero-order valence-electron chi connectivity index (χ0n) is 15.3. The Labute approximate surface area is 162 Å². The molecule has 0 fully saturated rings. The number of furan rings is 1. The van der Waals surface area contributed by atoms with Crippen LogP contribution in [0.2, 0.25) is 0 Å². The van der Waals surface area contributed by atoms with Crippen molar-refractivity contribution < 1.29 is 23.5 Å². The Kier molecular flexibility index (Phi) is 6.25. The second kappa shape index (κ2) is 9.23. The lowest BCUT2D eigenvalue weighted by molar-refractivity contribution is -0.137. The quantitative estimate of drug-likeness (QED) is 0.468. The minimum absolute atomic E-state index is 0.124. The average molecular weight is 377 g/mol. The van der Waals surface area contributed by atoms with E-state index < -0.39 is 11.9 Å². The van der Waals surface area contributed by atoms with Crippen molar-refractivity contribution in [3.05, 3.63) is 84.1 Å². The van der Waals surface area contributed by atoms with E-state index in [1.54, 1.807) is 49.4 Å². The molecule has 1 heterocycles. The standard InChI is InChI=1S/C22H19NO5/c1-2-26-20(24)13-11-16-7-6-8-17(15-16)23-22(25)19-12-14-21(28-19)27-18-9-4-3-5-10-18/h3-15H,2H2,1H3,(H,23,25). The van der Waals surface area contributed by atoms with Gasteiger partial charge < -0.3 is 19.2 Å². The van der Waals surface area contributed by atoms with Gasteiger partial charge in [0.05, 0.1) is 6.61 Å². The summed E-state index contributed by atoms with van der Waals surface area (Å²) in [5.41, 5.74) is 1.32. The van der Waals surface area contributed by atoms with Crippen LogP contribution in [0.25, 0.3) is 6.08 Å². The van der Waals surface area contributed by atoms with Gasteiger partial charge in [-0.05, 0) is 48.9 Å². The van der Waals surface area contributed by atoms with Gasteiger partial charge in [-0.25, -0.2) is 4.79 Å². The SMILES string of the molecule is CCOC(=O)C=Cc1cccc(NC(=O)c2ccc(Oc3ccccc3)o2)c1. The van der Waals surface area contributed by atoms with E-state index in [4.69, 9.17) is 13.9 Å². The van der Waals surface area contributed by atoms with Crippen molar-refractivity contribution in [3.8, 4) is 11.7 Å². The Morgan fingerprint density at radius 3 is 2.64 bits per heavy atom. The number of rotatable bonds is 7. The number of hydrogen-bond acceptors (Lipinski definition) is 5. The van der Waals surface area contributed by atoms with E-state index in [0.717, 1.165) is 5.56 Å². The topological polar surface area (TPSA) is 77.8 Å². The molecule has 0 atom stereocenters. The maximum absolute atomic E-state index is 12.4. The van der Waals surface area contributed by atoms with Crippen molar-refractivity contribution in [1.82, 2.24) is 0 Å². The molecule has 3 rings (SSSR count). The number of amides is 1. The molecule has 142 valence electrons. The molecule has 6 heteroatoms. The van der Waals surface area contributed by atoms with Crippen molar-refractivity contribution in [1.29, 1.82) is 0 Å². The van der Waals surface area contributed by atoms with E-state index in [0.29, 0.717) is 18.0 Å². The van der Waals surface area contributed by atoms with Gasteiger partial charge in [-0.15, -0.1) is 0 Å². The lowest BCUT2D eigenvalue weighted by atomic mass is 10.2. The molecule has 0 spiro atoms. The van der Waals surface area contributed by atoms with Crippen LogP contribution < -0.4 is 10.1 Å². The first-order valence-electron chi connectivity index (χ1n) is 8.73. The third-order valence-corrected chi connectivity index (χ3v) is 3.61. The molecule has 1 aromatic heterocycles. The van der Waals surface area contributed by atoms with Gasteiger partial charge in [-0.1, -0.05) is 30.3 Å². The van der Waals surface area contributed by atoms with Crippen molar-refractivity contribution in [2.45, 2.75) is 6.92 Å². The van der Waals surface area contributed by atoms with Crippen LogP contribution in [0.4, 0.5) is 5.69 Å². The Balaban J connectivity index is 1.63. The summed E-state index contributed by atoms with van der Waals surface area (Å²) < 4.78 is 15.8. The maximum Gasteiger partial charge on any atom is 0.330 e. The van der Waals surface area contributed by atoms with E-state index in [9.17, 15) is 9.59 Å². The molecule has 0 radical (unpaired) electrons. The third kappa shape index (κ3) is 5.35. The van der Waals surface area contributed by atoms with Crippen molar-refractivity contribution in [3.63, 3.8) is 0 Å². The Morgan fingerprint density at radius 1 is 1.04 bits per heavy atom. The number of nitrogens with one attached hydrogen (secondary N) is 1. The van der Waals surface area contributed by atoms with Crippen molar-refractivity contribution in [2.24, 2.45) is 0 Å². The lowest BCUT2D eigenvalue weighted by Crippen LogP contribution is -2.10. The third-order valence-electron chi connectivity index (χ3n) is 3.61. The van der Waals surface area contributed by atoms with Gasteiger partial charge in [0.2, 0.25) is 0 Å². The molecular weight excluding hydrogens is 358 g/mol. The number of ether oxygens (including phenoxy) is 2. The fraction of sp³-hybridized carbons (Fsp3) is 0.0909. The molecule has 0 unspecified atom stereocenters. The number of carbonyl (C=O) groups excluding carboxylic acids is 2. The van der Waals surface area contributed by atoms with Gasteiger partial charge in [-0.3, -0.25) is 4.79 Å². The van der Waals surface area contributed by atoms with Gasteiger partial charge in [-0.2, -0.15) is 0 Å². The van der Waals surface area contributed by atoms with E-state index in [2.05, 4.69) is 5.32 Å². The molecule has 1 amide bonds. The molecule has 1 N–H and O–H groups in total.